The van der Waals surface area contributed by atoms with Gasteiger partial charge < -0.3 is 15.2 Å². The number of nitrogens with zero attached hydrogens (tertiary/aromatic N) is 4. The first kappa shape index (κ1) is 20.5. The number of benzene rings is 1. The minimum absolute atomic E-state index is 0.105. The molecule has 2 aliphatic rings. The highest BCUT2D eigenvalue weighted by Crippen LogP contribution is 2.55. The summed E-state index contributed by atoms with van der Waals surface area (Å²) in [6.45, 7) is 1.39. The molecule has 1 saturated heterocycles. The van der Waals surface area contributed by atoms with Crippen LogP contribution >= 0.6 is 0 Å². The summed E-state index contributed by atoms with van der Waals surface area (Å²) in [4.78, 5) is 43.2. The minimum Gasteiger partial charge on any atom is -0.351 e. The normalized spacial score (nSPS) is 18.4. The lowest BCUT2D eigenvalue weighted by Gasteiger charge is -2.27. The maximum atomic E-state index is 12.7. The third-order valence-corrected chi connectivity index (χ3v) is 6.88. The molecule has 0 radical (unpaired) electrons. The van der Waals surface area contributed by atoms with Crippen LogP contribution in [-0.4, -0.2) is 45.0 Å². The summed E-state index contributed by atoms with van der Waals surface area (Å²) in [7, 11) is 0. The van der Waals surface area contributed by atoms with Crippen LogP contribution in [0.4, 0.5) is 5.82 Å². The van der Waals surface area contributed by atoms with Crippen LogP contribution in [0.5, 0.6) is 0 Å². The van der Waals surface area contributed by atoms with Crippen LogP contribution in [0.25, 0.3) is 22.3 Å². The summed E-state index contributed by atoms with van der Waals surface area (Å²) in [6, 6.07) is 14.9. The summed E-state index contributed by atoms with van der Waals surface area (Å²) in [5, 5.41) is 4.04. The minimum atomic E-state index is -0.289. The molecule has 1 amide bonds. The van der Waals surface area contributed by atoms with Gasteiger partial charge in [-0.3, -0.25) is 14.6 Å². The van der Waals surface area contributed by atoms with Crippen LogP contribution in [0.15, 0.2) is 71.9 Å². The Morgan fingerprint density at radius 2 is 2.03 bits per heavy atom. The fourth-order valence-electron chi connectivity index (χ4n) is 4.94. The predicted molar refractivity (Wildman–Crippen MR) is 130 cm³/mol. The first-order valence-electron chi connectivity index (χ1n) is 11.5. The zero-order valence-electron chi connectivity index (χ0n) is 18.6. The monoisotopic (exact) mass is 452 g/mol. The largest absolute Gasteiger partial charge is 0.351 e. The quantitative estimate of drug-likeness (QED) is 0.482. The van der Waals surface area contributed by atoms with Crippen molar-refractivity contribution in [1.29, 1.82) is 0 Å². The molecule has 34 heavy (non-hydrogen) atoms. The number of para-hydroxylation sites is 1. The zero-order chi connectivity index (χ0) is 23.1. The number of carbonyl (C=O) groups excluding carboxylic acids is 1. The maximum Gasteiger partial charge on any atom is 0.251 e. The van der Waals surface area contributed by atoms with Gasteiger partial charge in [0.2, 0.25) is 5.56 Å². The molecule has 1 unspecified atom stereocenters. The molecule has 1 atom stereocenters. The Balaban J connectivity index is 1.35. The van der Waals surface area contributed by atoms with E-state index in [1.165, 1.54) is 25.1 Å². The second-order valence-electron chi connectivity index (χ2n) is 9.27. The fourth-order valence-corrected chi connectivity index (χ4v) is 4.94. The highest BCUT2D eigenvalue weighted by molar-refractivity contribution is 5.94. The van der Waals surface area contributed by atoms with Gasteiger partial charge in [-0.1, -0.05) is 12.1 Å². The van der Waals surface area contributed by atoms with E-state index >= 15 is 0 Å². The molecular weight excluding hydrogens is 428 g/mol. The number of aromatic nitrogens is 4. The molecule has 1 aliphatic heterocycles. The number of pyridine rings is 2. The second kappa shape index (κ2) is 8.06. The van der Waals surface area contributed by atoms with Crippen molar-refractivity contribution in [3.8, 4) is 11.4 Å². The molecule has 4 aromatic rings. The number of fused-ring (bicyclic) bond motifs is 1. The Kier molecular flexibility index (Phi) is 4.86. The van der Waals surface area contributed by atoms with Crippen molar-refractivity contribution in [1.82, 2.24) is 25.3 Å². The van der Waals surface area contributed by atoms with E-state index in [2.05, 4.69) is 26.3 Å². The Labute approximate surface area is 196 Å². The molecular formula is C26H24N6O2. The molecule has 6 rings (SSSR count). The zero-order valence-corrected chi connectivity index (χ0v) is 18.6. The molecule has 4 heterocycles. The average Bonchev–Trinajstić information content (AvgIpc) is 3.53. The summed E-state index contributed by atoms with van der Waals surface area (Å²) in [6.07, 6.45) is 8.40. The van der Waals surface area contributed by atoms with Crippen molar-refractivity contribution in [3.05, 3.63) is 83.0 Å². The first-order chi connectivity index (χ1) is 16.6. The SMILES string of the molecule is O=C(NCC1CC2(CC2)CN1c1nc(-c2cccnc2)nc2ccccc12)c1cc[nH]c(=O)c1. The number of rotatable bonds is 5. The Hall–Kier alpha value is -4.07. The van der Waals surface area contributed by atoms with E-state index in [0.29, 0.717) is 23.3 Å². The van der Waals surface area contributed by atoms with Gasteiger partial charge in [0.1, 0.15) is 5.82 Å². The number of aromatic amines is 1. The third kappa shape index (κ3) is 3.81. The number of H-pyrrole nitrogens is 1. The van der Waals surface area contributed by atoms with E-state index < -0.39 is 0 Å². The molecule has 8 heteroatoms. The van der Waals surface area contributed by atoms with Gasteiger partial charge in [-0.25, -0.2) is 9.97 Å². The number of carbonyl (C=O) groups is 1. The third-order valence-electron chi connectivity index (χ3n) is 6.88. The Morgan fingerprint density at radius 1 is 1.15 bits per heavy atom. The van der Waals surface area contributed by atoms with Crippen molar-refractivity contribution < 1.29 is 4.79 Å². The summed E-state index contributed by atoms with van der Waals surface area (Å²) < 4.78 is 0. The fraction of sp³-hybridized carbons (Fsp3) is 0.269. The van der Waals surface area contributed by atoms with E-state index in [4.69, 9.17) is 9.97 Å². The Bertz CT molecular complexity index is 1430. The molecule has 1 aliphatic carbocycles. The molecule has 170 valence electrons. The van der Waals surface area contributed by atoms with Gasteiger partial charge in [0.05, 0.1) is 5.52 Å². The van der Waals surface area contributed by atoms with Gasteiger partial charge in [-0.05, 0) is 55.0 Å². The van der Waals surface area contributed by atoms with Crippen molar-refractivity contribution >= 4 is 22.6 Å². The number of hydrogen-bond acceptors (Lipinski definition) is 6. The maximum absolute atomic E-state index is 12.7. The van der Waals surface area contributed by atoms with Gasteiger partial charge in [-0.15, -0.1) is 0 Å². The lowest BCUT2D eigenvalue weighted by Crippen LogP contribution is -2.41. The Morgan fingerprint density at radius 3 is 2.82 bits per heavy atom. The van der Waals surface area contributed by atoms with Crippen molar-refractivity contribution in [3.63, 3.8) is 0 Å². The van der Waals surface area contributed by atoms with Gasteiger partial charge in [0, 0.05) is 60.3 Å². The number of hydrogen-bond donors (Lipinski definition) is 2. The number of nitrogens with one attached hydrogen (secondary N) is 2. The lowest BCUT2D eigenvalue weighted by molar-refractivity contribution is 0.0951. The molecule has 1 spiro atoms. The summed E-state index contributed by atoms with van der Waals surface area (Å²) in [5.41, 5.74) is 2.12. The molecule has 1 saturated carbocycles. The number of amides is 1. The van der Waals surface area contributed by atoms with Crippen LogP contribution in [0, 0.1) is 5.41 Å². The first-order valence-corrected chi connectivity index (χ1v) is 11.5. The van der Waals surface area contributed by atoms with Gasteiger partial charge in [-0.2, -0.15) is 0 Å². The van der Waals surface area contributed by atoms with E-state index in [9.17, 15) is 9.59 Å². The smallest absolute Gasteiger partial charge is 0.251 e. The molecule has 1 aromatic carbocycles. The topological polar surface area (TPSA) is 104 Å². The summed E-state index contributed by atoms with van der Waals surface area (Å²) >= 11 is 0. The van der Waals surface area contributed by atoms with E-state index in [1.54, 1.807) is 18.5 Å². The van der Waals surface area contributed by atoms with Crippen LogP contribution in [-0.2, 0) is 0 Å². The highest BCUT2D eigenvalue weighted by atomic mass is 16.2. The van der Waals surface area contributed by atoms with Crippen molar-refractivity contribution in [2.75, 3.05) is 18.0 Å². The standard InChI is InChI=1S/C26H24N6O2/c33-22-12-17(7-11-28-22)25(34)29-15-19-13-26(8-9-26)16-32(19)24-20-5-1-2-6-21(20)30-23(31-24)18-4-3-10-27-14-18/h1-7,10-12,14,19H,8-9,13,15-16H2,(H,28,33)(H,29,34). The average molecular weight is 453 g/mol. The molecule has 2 fully saturated rings. The van der Waals surface area contributed by atoms with Crippen LogP contribution in [0.1, 0.15) is 29.6 Å². The van der Waals surface area contributed by atoms with Gasteiger partial charge in [0.15, 0.2) is 5.82 Å². The van der Waals surface area contributed by atoms with Crippen LogP contribution in [0.2, 0.25) is 0 Å². The van der Waals surface area contributed by atoms with Crippen molar-refractivity contribution in [2.45, 2.75) is 25.3 Å². The molecule has 8 nitrogen and oxygen atoms in total. The predicted octanol–water partition coefficient (Wildman–Crippen LogP) is 3.17. The summed E-state index contributed by atoms with van der Waals surface area (Å²) in [5.74, 6) is 1.29. The van der Waals surface area contributed by atoms with Gasteiger partial charge in [0.25, 0.3) is 5.91 Å². The van der Waals surface area contributed by atoms with Crippen LogP contribution in [0.3, 0.4) is 0 Å². The number of anilines is 1. The molecule has 0 bridgehead atoms. The van der Waals surface area contributed by atoms with E-state index in [-0.39, 0.29) is 17.5 Å². The van der Waals surface area contributed by atoms with E-state index in [0.717, 1.165) is 35.2 Å². The highest BCUT2D eigenvalue weighted by Gasteiger charge is 2.52. The molecule has 2 N–H and O–H groups in total. The van der Waals surface area contributed by atoms with Crippen molar-refractivity contribution in [2.24, 2.45) is 5.41 Å². The van der Waals surface area contributed by atoms with E-state index in [1.807, 2.05) is 30.3 Å². The molecule has 3 aromatic heterocycles. The van der Waals surface area contributed by atoms with Crippen LogP contribution < -0.4 is 15.8 Å². The second-order valence-corrected chi connectivity index (χ2v) is 9.27. The van der Waals surface area contributed by atoms with Gasteiger partial charge >= 0.3 is 0 Å². The lowest BCUT2D eigenvalue weighted by atomic mass is 10.0.